The molecule has 0 spiro atoms. The Morgan fingerprint density at radius 2 is 2.00 bits per heavy atom. The van der Waals surface area contributed by atoms with Gasteiger partial charge in [0.25, 0.3) is 0 Å². The minimum Gasteiger partial charge on any atom is -0.304 e. The third-order valence-electron chi connectivity index (χ3n) is 1.84. The molecule has 0 unspecified atom stereocenters. The number of nitrogens with zero attached hydrogens (tertiary/aromatic N) is 2. The lowest BCUT2D eigenvalue weighted by atomic mass is 10.3. The summed E-state index contributed by atoms with van der Waals surface area (Å²) < 4.78 is 0. The average molecular weight is 179 g/mol. The van der Waals surface area contributed by atoms with E-state index < -0.39 is 0 Å². The van der Waals surface area contributed by atoms with Crippen molar-refractivity contribution in [1.82, 2.24) is 15.2 Å². The van der Waals surface area contributed by atoms with Crippen LogP contribution < -0.4 is 5.32 Å². The topological polar surface area (TPSA) is 28.2 Å². The normalized spacial score (nSPS) is 17.3. The van der Waals surface area contributed by atoms with Gasteiger partial charge >= 0.3 is 0 Å². The van der Waals surface area contributed by atoms with Crippen molar-refractivity contribution in [3.8, 4) is 0 Å². The maximum atomic E-state index is 3.78. The minimum atomic E-state index is 1.07. The lowest BCUT2D eigenvalue weighted by molar-refractivity contribution is 0.261. The molecule has 0 radical (unpaired) electrons. The van der Waals surface area contributed by atoms with Gasteiger partial charge in [0.05, 0.1) is 0 Å². The molecule has 0 aliphatic carbocycles. The number of nitrogens with one attached hydrogen (secondary N) is 1. The summed E-state index contributed by atoms with van der Waals surface area (Å²) in [7, 11) is 2.13. The molecule has 0 saturated carbocycles. The second kappa shape index (κ2) is 6.57. The zero-order valence-electron chi connectivity index (χ0n) is 8.11. The molecule has 13 heavy (non-hydrogen) atoms. The Labute approximate surface area is 79.8 Å². The second-order valence-electron chi connectivity index (χ2n) is 3.12. The SMILES string of the molecule is CN1CCCNC1.c1ccncc1. The van der Waals surface area contributed by atoms with Crippen molar-refractivity contribution in [2.75, 3.05) is 26.8 Å². The van der Waals surface area contributed by atoms with Crippen molar-refractivity contribution < 1.29 is 0 Å². The van der Waals surface area contributed by atoms with E-state index in [1.807, 2.05) is 18.2 Å². The van der Waals surface area contributed by atoms with Gasteiger partial charge in [0.1, 0.15) is 0 Å². The summed E-state index contributed by atoms with van der Waals surface area (Å²) in [4.78, 5) is 6.07. The molecule has 2 rings (SSSR count). The standard InChI is InChI=1S/C5H12N2.C5H5N/c1-7-4-2-3-6-5-7;1-2-4-6-5-3-1/h6H,2-5H2,1H3;1-5H. The van der Waals surface area contributed by atoms with E-state index in [1.54, 1.807) is 12.4 Å². The highest BCUT2D eigenvalue weighted by Crippen LogP contribution is 1.88. The van der Waals surface area contributed by atoms with Crippen molar-refractivity contribution in [3.63, 3.8) is 0 Å². The number of aromatic nitrogens is 1. The Balaban J connectivity index is 0.000000132. The van der Waals surface area contributed by atoms with E-state index in [1.165, 1.54) is 19.5 Å². The first-order chi connectivity index (χ1) is 6.39. The third kappa shape index (κ3) is 5.33. The maximum Gasteiger partial charge on any atom is 0.0477 e. The van der Waals surface area contributed by atoms with Gasteiger partial charge in [-0.15, -0.1) is 0 Å². The number of hydrogen-bond acceptors (Lipinski definition) is 3. The summed E-state index contributed by atoms with van der Waals surface area (Å²) in [6, 6.07) is 5.72. The summed E-state index contributed by atoms with van der Waals surface area (Å²) in [5.74, 6) is 0. The molecule has 3 nitrogen and oxygen atoms in total. The molecular formula is C10H17N3. The quantitative estimate of drug-likeness (QED) is 0.642. The Bertz CT molecular complexity index is 168. The van der Waals surface area contributed by atoms with Gasteiger partial charge in [0.2, 0.25) is 0 Å². The van der Waals surface area contributed by atoms with Gasteiger partial charge < -0.3 is 5.32 Å². The average Bonchev–Trinajstić information content (AvgIpc) is 2.22. The van der Waals surface area contributed by atoms with Crippen LogP contribution in [0.3, 0.4) is 0 Å². The summed E-state index contributed by atoms with van der Waals surface area (Å²) in [5.41, 5.74) is 0. The van der Waals surface area contributed by atoms with Gasteiger partial charge in [-0.05, 0) is 32.1 Å². The number of rotatable bonds is 0. The van der Waals surface area contributed by atoms with E-state index in [4.69, 9.17) is 0 Å². The van der Waals surface area contributed by atoms with Crippen LogP contribution in [-0.2, 0) is 0 Å². The fourth-order valence-electron chi connectivity index (χ4n) is 1.14. The highest BCUT2D eigenvalue weighted by atomic mass is 15.2. The Kier molecular flexibility index (Phi) is 5.13. The predicted octanol–water partition coefficient (Wildman–Crippen LogP) is 0.951. The number of hydrogen-bond donors (Lipinski definition) is 1. The molecule has 0 bridgehead atoms. The Morgan fingerprint density at radius 1 is 1.23 bits per heavy atom. The molecule has 3 heteroatoms. The fourth-order valence-corrected chi connectivity index (χ4v) is 1.14. The monoisotopic (exact) mass is 179 g/mol. The van der Waals surface area contributed by atoms with Crippen LogP contribution in [0.25, 0.3) is 0 Å². The highest BCUT2D eigenvalue weighted by molar-refractivity contribution is 4.88. The van der Waals surface area contributed by atoms with Gasteiger partial charge in [-0.1, -0.05) is 6.07 Å². The predicted molar refractivity (Wildman–Crippen MR) is 54.4 cm³/mol. The zero-order valence-corrected chi connectivity index (χ0v) is 8.11. The molecule has 1 aromatic rings. The van der Waals surface area contributed by atoms with Crippen LogP contribution >= 0.6 is 0 Å². The summed E-state index contributed by atoms with van der Waals surface area (Å²) in [6.07, 6.45) is 4.80. The molecule has 1 aliphatic rings. The largest absolute Gasteiger partial charge is 0.304 e. The lowest BCUT2D eigenvalue weighted by Crippen LogP contribution is -2.38. The first-order valence-electron chi connectivity index (χ1n) is 4.64. The molecule has 1 saturated heterocycles. The molecule has 0 amide bonds. The van der Waals surface area contributed by atoms with Gasteiger partial charge in [-0.3, -0.25) is 9.88 Å². The third-order valence-corrected chi connectivity index (χ3v) is 1.84. The van der Waals surface area contributed by atoms with Gasteiger partial charge in [-0.2, -0.15) is 0 Å². The molecule has 1 N–H and O–H groups in total. The van der Waals surface area contributed by atoms with Crippen LogP contribution in [-0.4, -0.2) is 36.7 Å². The molecule has 1 aromatic heterocycles. The van der Waals surface area contributed by atoms with E-state index in [9.17, 15) is 0 Å². The summed E-state index contributed by atoms with van der Waals surface area (Å²) in [5, 5.41) is 3.26. The molecule has 72 valence electrons. The molecule has 0 aromatic carbocycles. The van der Waals surface area contributed by atoms with Crippen molar-refractivity contribution in [1.29, 1.82) is 0 Å². The first kappa shape index (κ1) is 10.2. The smallest absolute Gasteiger partial charge is 0.0477 e. The first-order valence-corrected chi connectivity index (χ1v) is 4.64. The van der Waals surface area contributed by atoms with Gasteiger partial charge in [-0.25, -0.2) is 0 Å². The van der Waals surface area contributed by atoms with E-state index in [-0.39, 0.29) is 0 Å². The van der Waals surface area contributed by atoms with E-state index in [0.717, 1.165) is 6.67 Å². The highest BCUT2D eigenvalue weighted by Gasteiger charge is 2.00. The molecule has 1 aliphatic heterocycles. The molecule has 1 fully saturated rings. The van der Waals surface area contributed by atoms with E-state index >= 15 is 0 Å². The molecule has 2 heterocycles. The minimum absolute atomic E-state index is 1.07. The van der Waals surface area contributed by atoms with Crippen LogP contribution in [0.2, 0.25) is 0 Å². The molecule has 0 atom stereocenters. The van der Waals surface area contributed by atoms with E-state index in [0.29, 0.717) is 0 Å². The fraction of sp³-hybridized carbons (Fsp3) is 0.500. The van der Waals surface area contributed by atoms with Gasteiger partial charge in [0, 0.05) is 25.6 Å². The van der Waals surface area contributed by atoms with Crippen molar-refractivity contribution in [2.45, 2.75) is 6.42 Å². The van der Waals surface area contributed by atoms with Crippen LogP contribution in [0.5, 0.6) is 0 Å². The maximum absolute atomic E-state index is 3.78. The van der Waals surface area contributed by atoms with Crippen LogP contribution in [0.1, 0.15) is 6.42 Å². The Hall–Kier alpha value is -0.930. The Morgan fingerprint density at radius 3 is 2.23 bits per heavy atom. The van der Waals surface area contributed by atoms with E-state index in [2.05, 4.69) is 22.2 Å². The van der Waals surface area contributed by atoms with Crippen LogP contribution in [0.4, 0.5) is 0 Å². The van der Waals surface area contributed by atoms with Crippen LogP contribution in [0, 0.1) is 0 Å². The zero-order chi connectivity index (χ0) is 9.36. The van der Waals surface area contributed by atoms with Crippen molar-refractivity contribution in [3.05, 3.63) is 30.6 Å². The summed E-state index contributed by atoms with van der Waals surface area (Å²) >= 11 is 0. The van der Waals surface area contributed by atoms with Crippen molar-refractivity contribution in [2.24, 2.45) is 0 Å². The molecular weight excluding hydrogens is 162 g/mol. The van der Waals surface area contributed by atoms with Crippen LogP contribution in [0.15, 0.2) is 30.6 Å². The van der Waals surface area contributed by atoms with Gasteiger partial charge in [0.15, 0.2) is 0 Å². The summed E-state index contributed by atoms with van der Waals surface area (Å²) in [6.45, 7) is 3.53. The lowest BCUT2D eigenvalue weighted by Gasteiger charge is -2.22. The second-order valence-corrected chi connectivity index (χ2v) is 3.12. The number of pyridine rings is 1. The van der Waals surface area contributed by atoms with Crippen molar-refractivity contribution >= 4 is 0 Å².